The van der Waals surface area contributed by atoms with Crippen LogP contribution in [-0.2, 0) is 15.4 Å². The summed E-state index contributed by atoms with van der Waals surface area (Å²) < 4.78 is 34.7. The molecule has 0 saturated heterocycles. The van der Waals surface area contributed by atoms with Crippen LogP contribution < -0.4 is 9.46 Å². The number of rotatable bonds is 3. The van der Waals surface area contributed by atoms with Gasteiger partial charge in [-0.1, -0.05) is 26.8 Å². The van der Waals surface area contributed by atoms with Crippen LogP contribution >= 0.6 is 0 Å². The minimum Gasteiger partial charge on any atom is -0.508 e. The summed E-state index contributed by atoms with van der Waals surface area (Å²) >= 11 is 0. The Morgan fingerprint density at radius 3 is 2.50 bits per heavy atom. The van der Waals surface area contributed by atoms with Gasteiger partial charge in [-0.15, -0.1) is 0 Å². The molecule has 0 amide bonds. The van der Waals surface area contributed by atoms with Crippen molar-refractivity contribution >= 4 is 10.0 Å². The first kappa shape index (κ1) is 19.8. The molecule has 0 bridgehead atoms. The second-order valence-electron chi connectivity index (χ2n) is 10.1. The molecule has 1 fully saturated rings. The average molecular weight is 406 g/mol. The zero-order chi connectivity index (χ0) is 20.5. The largest absolute Gasteiger partial charge is 0.508 e. The highest BCUT2D eigenvalue weighted by Gasteiger charge is 2.48. The summed E-state index contributed by atoms with van der Waals surface area (Å²) in [6.45, 7) is 10.4. The number of aromatic hydroxyl groups is 1. The van der Waals surface area contributed by atoms with E-state index in [2.05, 4.69) is 39.3 Å². The number of hydrogen-bond acceptors (Lipinski definition) is 4. The lowest BCUT2D eigenvalue weighted by atomic mass is 9.68. The van der Waals surface area contributed by atoms with Gasteiger partial charge in [0.05, 0.1) is 4.91 Å². The Balaban J connectivity index is 1.76. The van der Waals surface area contributed by atoms with Crippen molar-refractivity contribution < 1.29 is 18.3 Å². The number of ether oxygens (including phenoxy) is 1. The van der Waals surface area contributed by atoms with Gasteiger partial charge in [-0.05, 0) is 62.6 Å². The molecule has 4 rings (SSSR count). The highest BCUT2D eigenvalue weighted by Crippen LogP contribution is 2.55. The van der Waals surface area contributed by atoms with Gasteiger partial charge in [0.1, 0.15) is 17.1 Å². The first-order valence-corrected chi connectivity index (χ1v) is 11.6. The maximum Gasteiger partial charge on any atom is 0.236 e. The Kier molecular flexibility index (Phi) is 4.40. The molecule has 2 aliphatic carbocycles. The van der Waals surface area contributed by atoms with Crippen molar-refractivity contribution in [1.82, 2.24) is 4.72 Å². The second-order valence-corrected chi connectivity index (χ2v) is 11.8. The van der Waals surface area contributed by atoms with Crippen LogP contribution in [0, 0.1) is 5.92 Å². The summed E-state index contributed by atoms with van der Waals surface area (Å²) in [7, 11) is -3.47. The fourth-order valence-corrected chi connectivity index (χ4v) is 6.05. The van der Waals surface area contributed by atoms with Crippen LogP contribution in [0.25, 0.3) is 0 Å². The van der Waals surface area contributed by atoms with E-state index in [-0.39, 0.29) is 29.0 Å². The molecule has 1 saturated carbocycles. The van der Waals surface area contributed by atoms with Crippen molar-refractivity contribution in [3.63, 3.8) is 0 Å². The monoisotopic (exact) mass is 405 g/mol. The van der Waals surface area contributed by atoms with Crippen LogP contribution in [0.1, 0.15) is 77.3 Å². The molecule has 5 nitrogen and oxygen atoms in total. The molecule has 0 spiro atoms. The first-order valence-electron chi connectivity index (χ1n) is 10.2. The van der Waals surface area contributed by atoms with Gasteiger partial charge in [0.2, 0.25) is 10.0 Å². The molecule has 3 aliphatic rings. The van der Waals surface area contributed by atoms with Crippen molar-refractivity contribution in [2.24, 2.45) is 5.92 Å². The van der Waals surface area contributed by atoms with Crippen LogP contribution in [0.4, 0.5) is 0 Å². The fraction of sp³-hybridized carbons (Fsp3) is 0.636. The standard InChI is InChI=1S/C22H31NO4S/c1-21(2,3)13-10-18(24)20-16-12-15(28(25,26)23-14-6-7-14)8-9-17(16)22(4,5)27-19(20)11-13/h8,10-11,14,16-17,23-24H,6-7,9,12H2,1-5H3/t16?,17-/m1/s1. The summed E-state index contributed by atoms with van der Waals surface area (Å²) in [5.41, 5.74) is 1.21. The molecule has 1 aromatic rings. The van der Waals surface area contributed by atoms with Gasteiger partial charge >= 0.3 is 0 Å². The number of sulfonamides is 1. The number of fused-ring (bicyclic) bond motifs is 3. The minimum absolute atomic E-state index is 0.0800. The van der Waals surface area contributed by atoms with Crippen LogP contribution in [0.3, 0.4) is 0 Å². The summed E-state index contributed by atoms with van der Waals surface area (Å²) in [5.74, 6) is 0.932. The molecule has 2 N–H and O–H groups in total. The zero-order valence-electron chi connectivity index (χ0n) is 17.4. The van der Waals surface area contributed by atoms with E-state index in [4.69, 9.17) is 4.74 Å². The third kappa shape index (κ3) is 3.45. The van der Waals surface area contributed by atoms with Gasteiger partial charge in [0.25, 0.3) is 0 Å². The van der Waals surface area contributed by atoms with E-state index in [1.54, 1.807) is 0 Å². The topological polar surface area (TPSA) is 75.6 Å². The molecule has 2 atom stereocenters. The number of phenolic OH excluding ortho intramolecular Hbond substituents is 1. The maximum absolute atomic E-state index is 12.8. The predicted octanol–water partition coefficient (Wildman–Crippen LogP) is 4.32. The van der Waals surface area contributed by atoms with E-state index >= 15 is 0 Å². The molecule has 154 valence electrons. The number of hydrogen-bond donors (Lipinski definition) is 2. The Morgan fingerprint density at radius 2 is 1.89 bits per heavy atom. The van der Waals surface area contributed by atoms with E-state index in [1.807, 2.05) is 18.2 Å². The average Bonchev–Trinajstić information content (AvgIpc) is 3.35. The lowest BCUT2D eigenvalue weighted by Crippen LogP contribution is -2.46. The molecule has 1 unspecified atom stereocenters. The van der Waals surface area contributed by atoms with Crippen molar-refractivity contribution in [2.45, 2.75) is 83.3 Å². The van der Waals surface area contributed by atoms with E-state index in [1.165, 1.54) is 0 Å². The zero-order valence-corrected chi connectivity index (χ0v) is 18.2. The normalized spacial score (nSPS) is 26.7. The second kappa shape index (κ2) is 6.23. The first-order chi connectivity index (χ1) is 12.9. The van der Waals surface area contributed by atoms with Gasteiger partial charge < -0.3 is 9.84 Å². The molecule has 28 heavy (non-hydrogen) atoms. The highest BCUT2D eigenvalue weighted by atomic mass is 32.2. The van der Waals surface area contributed by atoms with Gasteiger partial charge in [0, 0.05) is 23.4 Å². The Labute approximate surface area is 168 Å². The van der Waals surface area contributed by atoms with E-state index in [9.17, 15) is 13.5 Å². The summed E-state index contributed by atoms with van der Waals surface area (Å²) in [6.07, 6.45) is 4.70. The van der Waals surface area contributed by atoms with Crippen LogP contribution in [0.2, 0.25) is 0 Å². The fourth-order valence-electron chi connectivity index (χ4n) is 4.51. The molecule has 1 aliphatic heterocycles. The van der Waals surface area contributed by atoms with Gasteiger partial charge in [-0.25, -0.2) is 13.1 Å². The molecule has 1 aromatic carbocycles. The Morgan fingerprint density at radius 1 is 1.21 bits per heavy atom. The highest BCUT2D eigenvalue weighted by molar-refractivity contribution is 7.93. The van der Waals surface area contributed by atoms with Crippen LogP contribution in [-0.4, -0.2) is 25.2 Å². The number of allylic oxidation sites excluding steroid dienone is 2. The van der Waals surface area contributed by atoms with Crippen molar-refractivity contribution in [1.29, 1.82) is 0 Å². The van der Waals surface area contributed by atoms with Crippen LogP contribution in [0.5, 0.6) is 11.5 Å². The summed E-state index contributed by atoms with van der Waals surface area (Å²) in [5, 5.41) is 10.9. The Bertz CT molecular complexity index is 936. The lowest BCUT2D eigenvalue weighted by Gasteiger charge is -2.47. The van der Waals surface area contributed by atoms with Crippen LogP contribution in [0.15, 0.2) is 23.1 Å². The quantitative estimate of drug-likeness (QED) is 0.785. The number of benzene rings is 1. The van der Waals surface area contributed by atoms with Crippen molar-refractivity contribution in [3.05, 3.63) is 34.2 Å². The smallest absolute Gasteiger partial charge is 0.236 e. The van der Waals surface area contributed by atoms with E-state index in [0.29, 0.717) is 23.5 Å². The summed E-state index contributed by atoms with van der Waals surface area (Å²) in [4.78, 5) is 0.448. The predicted molar refractivity (Wildman–Crippen MR) is 110 cm³/mol. The molecule has 6 heteroatoms. The van der Waals surface area contributed by atoms with E-state index < -0.39 is 15.6 Å². The summed E-state index contributed by atoms with van der Waals surface area (Å²) in [6, 6.07) is 3.92. The molecular formula is C22H31NO4S. The third-order valence-electron chi connectivity index (χ3n) is 6.37. The third-order valence-corrected chi connectivity index (χ3v) is 8.04. The minimum atomic E-state index is -3.47. The molecular weight excluding hydrogens is 374 g/mol. The molecule has 0 radical (unpaired) electrons. The van der Waals surface area contributed by atoms with Gasteiger partial charge in [0.15, 0.2) is 0 Å². The van der Waals surface area contributed by atoms with Gasteiger partial charge in [-0.2, -0.15) is 0 Å². The lowest BCUT2D eigenvalue weighted by molar-refractivity contribution is 0.00793. The molecule has 1 heterocycles. The SMILES string of the molecule is CC(C)(C)c1cc(O)c2c(c1)OC(C)(C)[C@@H]1CC=C(S(=O)(=O)NC3CC3)CC21. The van der Waals surface area contributed by atoms with Gasteiger partial charge in [-0.3, -0.25) is 0 Å². The molecule has 0 aromatic heterocycles. The Hall–Kier alpha value is -1.53. The number of phenols is 1. The number of nitrogens with one attached hydrogen (secondary N) is 1. The van der Waals surface area contributed by atoms with Crippen molar-refractivity contribution in [3.8, 4) is 11.5 Å². The maximum atomic E-state index is 12.8. The van der Waals surface area contributed by atoms with E-state index in [0.717, 1.165) is 24.0 Å². The van der Waals surface area contributed by atoms with Crippen molar-refractivity contribution in [2.75, 3.05) is 0 Å².